The van der Waals surface area contributed by atoms with Gasteiger partial charge in [0.1, 0.15) is 34.9 Å². The van der Waals surface area contributed by atoms with Gasteiger partial charge in [-0.1, -0.05) is 16.8 Å². The number of thiazole rings is 1. The third-order valence-electron chi connectivity index (χ3n) is 5.58. The summed E-state index contributed by atoms with van der Waals surface area (Å²) in [6, 6.07) is 5.19. The molecule has 2 N–H and O–H groups in total. The average molecular weight is 492 g/mol. The van der Waals surface area contributed by atoms with Crippen LogP contribution in [0.2, 0.25) is 5.02 Å². The van der Waals surface area contributed by atoms with Crippen LogP contribution in [0.4, 0.5) is 4.39 Å². The zero-order valence-electron chi connectivity index (χ0n) is 18.0. The van der Waals surface area contributed by atoms with Gasteiger partial charge in [0.05, 0.1) is 41.0 Å². The van der Waals surface area contributed by atoms with E-state index in [9.17, 15) is 14.6 Å². The second-order valence-electron chi connectivity index (χ2n) is 8.83. The lowest BCUT2D eigenvalue weighted by Crippen LogP contribution is -2.21. The standard InChI is InChI=1S/C22H23ClFN5O3S/c1-22(2,31)5-6-32-17-4-3-12(7-14(17)23)29-10-16(26-27-29)20(30)19-21(13-8-15(13)24)33-18-9-25-11-28(18)19/h3-4,7,9-11,13,15,20,30-31H,5-6,8H2,1-2H3/t13-,15-,20?/m1/s1. The molecule has 3 atom stereocenters. The van der Waals surface area contributed by atoms with Gasteiger partial charge in [-0.25, -0.2) is 14.1 Å². The largest absolute Gasteiger partial charge is 0.492 e. The van der Waals surface area contributed by atoms with Crippen LogP contribution in [0.25, 0.3) is 10.5 Å². The number of ether oxygens (including phenoxy) is 1. The van der Waals surface area contributed by atoms with Gasteiger partial charge in [0.2, 0.25) is 0 Å². The minimum absolute atomic E-state index is 0.197. The maximum absolute atomic E-state index is 13.8. The summed E-state index contributed by atoms with van der Waals surface area (Å²) in [5, 5.41) is 29.6. The van der Waals surface area contributed by atoms with Crippen LogP contribution in [0.3, 0.4) is 0 Å². The number of aromatic nitrogens is 5. The quantitative estimate of drug-likeness (QED) is 0.385. The van der Waals surface area contributed by atoms with Gasteiger partial charge in [-0.3, -0.25) is 4.40 Å². The van der Waals surface area contributed by atoms with E-state index >= 15 is 0 Å². The normalized spacial score (nSPS) is 19.2. The van der Waals surface area contributed by atoms with E-state index < -0.39 is 17.9 Å². The summed E-state index contributed by atoms with van der Waals surface area (Å²) >= 11 is 7.81. The first-order valence-electron chi connectivity index (χ1n) is 10.6. The van der Waals surface area contributed by atoms with Crippen molar-refractivity contribution in [1.82, 2.24) is 24.4 Å². The second-order valence-corrected chi connectivity index (χ2v) is 10.3. The molecule has 11 heteroatoms. The van der Waals surface area contributed by atoms with Crippen LogP contribution in [0.1, 0.15) is 55.0 Å². The molecular formula is C22H23ClFN5O3S. The van der Waals surface area contributed by atoms with Gasteiger partial charge < -0.3 is 14.9 Å². The molecule has 33 heavy (non-hydrogen) atoms. The molecule has 1 aliphatic rings. The second kappa shape index (κ2) is 8.35. The predicted octanol–water partition coefficient (Wildman–Crippen LogP) is 4.08. The lowest BCUT2D eigenvalue weighted by Gasteiger charge is -2.17. The Labute approximate surface area is 198 Å². The topological polar surface area (TPSA) is 97.7 Å². The fourth-order valence-corrected chi connectivity index (χ4v) is 5.14. The molecule has 0 saturated heterocycles. The molecule has 4 aromatic rings. The van der Waals surface area contributed by atoms with Crippen LogP contribution in [0.5, 0.6) is 5.75 Å². The number of hydrogen-bond acceptors (Lipinski definition) is 7. The molecule has 0 spiro atoms. The molecule has 1 aliphatic carbocycles. The number of hydrogen-bond donors (Lipinski definition) is 2. The Morgan fingerprint density at radius 2 is 2.18 bits per heavy atom. The minimum Gasteiger partial charge on any atom is -0.492 e. The fourth-order valence-electron chi connectivity index (χ4n) is 3.62. The summed E-state index contributed by atoms with van der Waals surface area (Å²) < 4.78 is 22.8. The summed E-state index contributed by atoms with van der Waals surface area (Å²) in [4.78, 5) is 5.79. The van der Waals surface area contributed by atoms with E-state index in [4.69, 9.17) is 16.3 Å². The van der Waals surface area contributed by atoms with Gasteiger partial charge in [-0.05, 0) is 38.5 Å². The number of halogens is 2. The van der Waals surface area contributed by atoms with Gasteiger partial charge >= 0.3 is 0 Å². The Hall–Kier alpha value is -2.53. The minimum atomic E-state index is -1.08. The molecule has 1 fully saturated rings. The van der Waals surface area contributed by atoms with Crippen LogP contribution in [0.15, 0.2) is 36.9 Å². The number of fused-ring (bicyclic) bond motifs is 1. The molecule has 8 nitrogen and oxygen atoms in total. The van der Waals surface area contributed by atoms with E-state index in [2.05, 4.69) is 15.3 Å². The molecule has 5 rings (SSSR count). The van der Waals surface area contributed by atoms with E-state index in [0.717, 1.165) is 9.71 Å². The molecule has 3 heterocycles. The third kappa shape index (κ3) is 4.48. The van der Waals surface area contributed by atoms with E-state index in [-0.39, 0.29) is 5.92 Å². The van der Waals surface area contributed by atoms with Crippen molar-refractivity contribution in [3.63, 3.8) is 0 Å². The summed E-state index contributed by atoms with van der Waals surface area (Å²) in [5.74, 6) is 0.304. The molecule has 0 aliphatic heterocycles. The molecule has 1 saturated carbocycles. The Balaban J connectivity index is 1.37. The smallest absolute Gasteiger partial charge is 0.141 e. The van der Waals surface area contributed by atoms with Crippen molar-refractivity contribution in [2.75, 3.05) is 6.61 Å². The number of benzene rings is 1. The highest BCUT2D eigenvalue weighted by Gasteiger charge is 2.43. The highest BCUT2D eigenvalue weighted by molar-refractivity contribution is 7.17. The number of alkyl halides is 1. The first kappa shape index (κ1) is 22.3. The van der Waals surface area contributed by atoms with Crippen molar-refractivity contribution in [2.24, 2.45) is 0 Å². The Bertz CT molecular complexity index is 1300. The first-order chi connectivity index (χ1) is 15.7. The molecule has 0 radical (unpaired) electrons. The number of aliphatic hydroxyl groups is 2. The predicted molar refractivity (Wildman–Crippen MR) is 122 cm³/mol. The van der Waals surface area contributed by atoms with Gasteiger partial charge in [0.15, 0.2) is 0 Å². The van der Waals surface area contributed by atoms with Crippen molar-refractivity contribution in [3.05, 3.63) is 58.2 Å². The van der Waals surface area contributed by atoms with Crippen molar-refractivity contribution in [1.29, 1.82) is 0 Å². The van der Waals surface area contributed by atoms with Crippen LogP contribution in [0, 0.1) is 0 Å². The van der Waals surface area contributed by atoms with Crippen LogP contribution >= 0.6 is 22.9 Å². The monoisotopic (exact) mass is 491 g/mol. The summed E-state index contributed by atoms with van der Waals surface area (Å²) in [6.45, 7) is 3.76. The highest BCUT2D eigenvalue weighted by atomic mass is 35.5. The van der Waals surface area contributed by atoms with Gasteiger partial charge in [-0.2, -0.15) is 0 Å². The summed E-state index contributed by atoms with van der Waals surface area (Å²) in [6.07, 6.45) is 3.91. The Kier molecular flexibility index (Phi) is 5.64. The zero-order chi connectivity index (χ0) is 23.3. The molecule has 1 aromatic carbocycles. The summed E-state index contributed by atoms with van der Waals surface area (Å²) in [5.41, 5.74) is 0.741. The molecule has 0 bridgehead atoms. The van der Waals surface area contributed by atoms with Gasteiger partial charge in [0.25, 0.3) is 0 Å². The SMILES string of the molecule is CC(C)(O)CCOc1ccc(-n2cc(C(O)c3c([C@@H]4C[C@H]4F)sc4cncn34)nn2)cc1Cl. The number of imidazole rings is 1. The maximum atomic E-state index is 13.8. The van der Waals surface area contributed by atoms with E-state index in [1.165, 1.54) is 16.0 Å². The molecule has 174 valence electrons. The van der Waals surface area contributed by atoms with E-state index in [0.29, 0.717) is 47.3 Å². The first-order valence-corrected chi connectivity index (χ1v) is 11.7. The molecular weight excluding hydrogens is 469 g/mol. The van der Waals surface area contributed by atoms with E-state index in [1.807, 2.05) is 0 Å². The Morgan fingerprint density at radius 3 is 2.88 bits per heavy atom. The maximum Gasteiger partial charge on any atom is 0.141 e. The van der Waals surface area contributed by atoms with Crippen LogP contribution in [-0.4, -0.2) is 53.0 Å². The number of rotatable bonds is 8. The van der Waals surface area contributed by atoms with Crippen molar-refractivity contribution in [3.8, 4) is 11.4 Å². The van der Waals surface area contributed by atoms with Crippen molar-refractivity contribution < 1.29 is 19.3 Å². The van der Waals surface area contributed by atoms with Crippen LogP contribution in [-0.2, 0) is 0 Å². The number of nitrogens with zero attached hydrogens (tertiary/aromatic N) is 5. The highest BCUT2D eigenvalue weighted by Crippen LogP contribution is 2.49. The van der Waals surface area contributed by atoms with Crippen LogP contribution < -0.4 is 4.74 Å². The van der Waals surface area contributed by atoms with Gasteiger partial charge in [0, 0.05) is 17.2 Å². The van der Waals surface area contributed by atoms with E-state index in [1.54, 1.807) is 55.2 Å². The van der Waals surface area contributed by atoms with Crippen molar-refractivity contribution in [2.45, 2.75) is 50.5 Å². The molecule has 1 unspecified atom stereocenters. The number of aliphatic hydroxyl groups excluding tert-OH is 1. The molecule has 0 amide bonds. The van der Waals surface area contributed by atoms with Crippen molar-refractivity contribution >= 4 is 27.8 Å². The fraction of sp³-hybridized carbons (Fsp3) is 0.409. The average Bonchev–Trinajstić information content (AvgIpc) is 3.16. The van der Waals surface area contributed by atoms with Gasteiger partial charge in [-0.15, -0.1) is 16.4 Å². The zero-order valence-corrected chi connectivity index (χ0v) is 19.6. The Morgan fingerprint density at radius 1 is 1.39 bits per heavy atom. The lowest BCUT2D eigenvalue weighted by atomic mass is 10.1. The lowest BCUT2D eigenvalue weighted by molar-refractivity contribution is 0.0553. The molecule has 3 aromatic heterocycles. The summed E-state index contributed by atoms with van der Waals surface area (Å²) in [7, 11) is 0. The third-order valence-corrected chi connectivity index (χ3v) is 7.12.